The molecule has 2 fully saturated rings. The summed E-state index contributed by atoms with van der Waals surface area (Å²) in [5.74, 6) is -0.427. The van der Waals surface area contributed by atoms with Crippen molar-refractivity contribution < 1.29 is 4.79 Å². The molecule has 1 N–H and O–H groups in total. The van der Waals surface area contributed by atoms with E-state index in [2.05, 4.69) is 72.9 Å². The standard InChI is InChI=1S/C28H26Cl2N2O/c1-18-8-6-12-21(14-18)27(22-13-7-9-19(2)15-22)16-23(27)26(33)32-31-17-24-25(28(24,29)30)20-10-4-3-5-11-20/h3-15,17,23-25H,16H2,1-2H3,(H,32,33)/b31-17-/t23-,24+,25-/m1/s1. The van der Waals surface area contributed by atoms with E-state index >= 15 is 0 Å². The summed E-state index contributed by atoms with van der Waals surface area (Å²) in [5, 5.41) is 4.26. The van der Waals surface area contributed by atoms with E-state index in [-0.39, 0.29) is 29.1 Å². The van der Waals surface area contributed by atoms with E-state index < -0.39 is 4.33 Å². The predicted octanol–water partition coefficient (Wildman–Crippen LogP) is 6.30. The molecular formula is C28H26Cl2N2O. The van der Waals surface area contributed by atoms with Gasteiger partial charge in [-0.2, -0.15) is 5.10 Å². The van der Waals surface area contributed by atoms with Crippen LogP contribution in [0.4, 0.5) is 0 Å². The van der Waals surface area contributed by atoms with Gasteiger partial charge in [-0.15, -0.1) is 23.2 Å². The highest BCUT2D eigenvalue weighted by Gasteiger charge is 2.63. The number of benzene rings is 3. The lowest BCUT2D eigenvalue weighted by molar-refractivity contribution is -0.122. The fourth-order valence-electron chi connectivity index (χ4n) is 5.11. The summed E-state index contributed by atoms with van der Waals surface area (Å²) in [6.07, 6.45) is 2.44. The molecule has 0 unspecified atom stereocenters. The Hall–Kier alpha value is -2.62. The van der Waals surface area contributed by atoms with Gasteiger partial charge in [0.25, 0.3) is 0 Å². The molecule has 3 aromatic carbocycles. The molecule has 0 bridgehead atoms. The average molecular weight is 477 g/mol. The first-order valence-corrected chi connectivity index (χ1v) is 12.0. The van der Waals surface area contributed by atoms with Gasteiger partial charge in [-0.05, 0) is 37.0 Å². The molecule has 3 aromatic rings. The second-order valence-corrected chi connectivity index (χ2v) is 10.8. The molecule has 3 atom stereocenters. The van der Waals surface area contributed by atoms with E-state index in [1.165, 1.54) is 22.3 Å². The van der Waals surface area contributed by atoms with Crippen molar-refractivity contribution in [2.45, 2.75) is 35.9 Å². The zero-order chi connectivity index (χ0) is 23.2. The highest BCUT2D eigenvalue weighted by Crippen LogP contribution is 2.64. The molecule has 0 radical (unpaired) electrons. The summed E-state index contributed by atoms with van der Waals surface area (Å²) >= 11 is 13.0. The topological polar surface area (TPSA) is 41.5 Å². The number of carbonyl (C=O) groups excluding carboxylic acids is 1. The number of hydrogen-bond acceptors (Lipinski definition) is 2. The largest absolute Gasteiger partial charge is 0.273 e. The van der Waals surface area contributed by atoms with Crippen LogP contribution in [0.15, 0.2) is 84.0 Å². The number of rotatable bonds is 6. The van der Waals surface area contributed by atoms with Gasteiger partial charge >= 0.3 is 0 Å². The van der Waals surface area contributed by atoms with Crippen molar-refractivity contribution in [1.82, 2.24) is 5.43 Å². The van der Waals surface area contributed by atoms with Crippen LogP contribution in [0.5, 0.6) is 0 Å². The third-order valence-corrected chi connectivity index (χ3v) is 8.00. The molecule has 2 aliphatic carbocycles. The number of carbonyl (C=O) groups is 1. The maximum Gasteiger partial charge on any atom is 0.244 e. The summed E-state index contributed by atoms with van der Waals surface area (Å²) in [6, 6.07) is 26.8. The molecule has 0 aliphatic heterocycles. The molecule has 0 spiro atoms. The molecule has 5 rings (SSSR count). The molecule has 2 aliphatic rings. The van der Waals surface area contributed by atoms with Crippen LogP contribution in [0.2, 0.25) is 0 Å². The number of hydrazone groups is 1. The zero-order valence-electron chi connectivity index (χ0n) is 18.6. The number of hydrogen-bond donors (Lipinski definition) is 1. The number of alkyl halides is 2. The molecule has 33 heavy (non-hydrogen) atoms. The Kier molecular flexibility index (Phi) is 5.58. The van der Waals surface area contributed by atoms with Gasteiger partial charge in [-0.3, -0.25) is 4.79 Å². The summed E-state index contributed by atoms with van der Waals surface area (Å²) in [6.45, 7) is 4.16. The molecule has 0 aromatic heterocycles. The van der Waals surface area contributed by atoms with Crippen molar-refractivity contribution in [3.05, 3.63) is 107 Å². The van der Waals surface area contributed by atoms with Crippen molar-refractivity contribution in [2.24, 2.45) is 16.9 Å². The van der Waals surface area contributed by atoms with Gasteiger partial charge in [0.05, 0.1) is 5.92 Å². The monoisotopic (exact) mass is 476 g/mol. The highest BCUT2D eigenvalue weighted by molar-refractivity contribution is 6.53. The van der Waals surface area contributed by atoms with Crippen LogP contribution in [0, 0.1) is 25.7 Å². The number of nitrogens with one attached hydrogen (secondary N) is 1. The Morgan fingerprint density at radius 1 is 0.939 bits per heavy atom. The van der Waals surface area contributed by atoms with Crippen molar-refractivity contribution in [3.8, 4) is 0 Å². The molecular weight excluding hydrogens is 451 g/mol. The minimum absolute atomic E-state index is 0.0257. The normalized spacial score (nSPS) is 24.4. The van der Waals surface area contributed by atoms with Crippen LogP contribution < -0.4 is 5.43 Å². The number of halogens is 2. The average Bonchev–Trinajstić information content (AvgIpc) is 3.67. The zero-order valence-corrected chi connectivity index (χ0v) is 20.1. The minimum atomic E-state index is -0.901. The van der Waals surface area contributed by atoms with E-state index in [0.717, 1.165) is 12.0 Å². The van der Waals surface area contributed by atoms with Crippen LogP contribution >= 0.6 is 23.2 Å². The third-order valence-electron chi connectivity index (χ3n) is 7.02. The molecule has 5 heteroatoms. The Morgan fingerprint density at radius 2 is 1.55 bits per heavy atom. The van der Waals surface area contributed by atoms with E-state index in [1.807, 2.05) is 30.3 Å². The quantitative estimate of drug-likeness (QED) is 0.253. The van der Waals surface area contributed by atoms with Crippen LogP contribution in [-0.4, -0.2) is 16.5 Å². The fraction of sp³-hybridized carbons (Fsp3) is 0.286. The van der Waals surface area contributed by atoms with Gasteiger partial charge < -0.3 is 0 Å². The first-order valence-electron chi connectivity index (χ1n) is 11.2. The second kappa shape index (κ2) is 8.30. The van der Waals surface area contributed by atoms with E-state index in [0.29, 0.717) is 0 Å². The summed E-state index contributed by atoms with van der Waals surface area (Å²) < 4.78 is -0.901. The number of aryl methyl sites for hydroxylation is 2. The van der Waals surface area contributed by atoms with Crippen molar-refractivity contribution >= 4 is 35.3 Å². The van der Waals surface area contributed by atoms with Gasteiger partial charge in [-0.25, -0.2) is 5.43 Å². The van der Waals surface area contributed by atoms with Gasteiger partial charge in [-0.1, -0.05) is 90.0 Å². The molecule has 0 heterocycles. The van der Waals surface area contributed by atoms with Gasteiger partial charge in [0.1, 0.15) is 4.33 Å². The Bertz CT molecular complexity index is 1180. The van der Waals surface area contributed by atoms with Crippen LogP contribution in [0.3, 0.4) is 0 Å². The number of amides is 1. The molecule has 2 saturated carbocycles. The second-order valence-electron chi connectivity index (χ2n) is 9.31. The molecule has 168 valence electrons. The lowest BCUT2D eigenvalue weighted by Gasteiger charge is -2.19. The lowest BCUT2D eigenvalue weighted by atomic mass is 9.84. The molecule has 1 amide bonds. The van der Waals surface area contributed by atoms with Gasteiger partial charge in [0.2, 0.25) is 5.91 Å². The van der Waals surface area contributed by atoms with Crippen LogP contribution in [0.1, 0.15) is 40.2 Å². The van der Waals surface area contributed by atoms with E-state index in [1.54, 1.807) is 6.21 Å². The minimum Gasteiger partial charge on any atom is -0.273 e. The lowest BCUT2D eigenvalue weighted by Crippen LogP contribution is -2.25. The van der Waals surface area contributed by atoms with E-state index in [4.69, 9.17) is 23.2 Å². The molecule has 0 saturated heterocycles. The number of nitrogens with zero attached hydrogens (tertiary/aromatic N) is 1. The maximum atomic E-state index is 13.2. The highest BCUT2D eigenvalue weighted by atomic mass is 35.5. The summed E-state index contributed by atoms with van der Waals surface area (Å²) in [4.78, 5) is 13.2. The summed E-state index contributed by atoms with van der Waals surface area (Å²) in [7, 11) is 0. The van der Waals surface area contributed by atoms with Crippen molar-refractivity contribution in [1.29, 1.82) is 0 Å². The van der Waals surface area contributed by atoms with Crippen molar-refractivity contribution in [2.75, 3.05) is 0 Å². The SMILES string of the molecule is Cc1cccc(C2(c3cccc(C)c3)C[C@@H]2C(=O)N/N=C\[C@H]2[C@@H](c3ccccc3)C2(Cl)Cl)c1. The van der Waals surface area contributed by atoms with Gasteiger partial charge in [0.15, 0.2) is 0 Å². The van der Waals surface area contributed by atoms with Crippen LogP contribution in [-0.2, 0) is 10.2 Å². The van der Waals surface area contributed by atoms with Crippen LogP contribution in [0.25, 0.3) is 0 Å². The Balaban J connectivity index is 1.34. The predicted molar refractivity (Wildman–Crippen MR) is 135 cm³/mol. The first kappa shape index (κ1) is 22.2. The Labute approximate surface area is 204 Å². The van der Waals surface area contributed by atoms with Gasteiger partial charge in [0, 0.05) is 23.5 Å². The van der Waals surface area contributed by atoms with Crippen molar-refractivity contribution in [3.63, 3.8) is 0 Å². The summed E-state index contributed by atoms with van der Waals surface area (Å²) in [5.41, 5.74) is 8.22. The Morgan fingerprint density at radius 3 is 2.12 bits per heavy atom. The molecule has 3 nitrogen and oxygen atoms in total. The fourth-order valence-corrected chi connectivity index (χ4v) is 5.88. The van der Waals surface area contributed by atoms with E-state index in [9.17, 15) is 4.79 Å². The first-order chi connectivity index (χ1) is 15.8. The smallest absolute Gasteiger partial charge is 0.244 e. The third kappa shape index (κ3) is 3.98. The maximum absolute atomic E-state index is 13.2.